The van der Waals surface area contributed by atoms with Crippen LogP contribution in [0.5, 0.6) is 0 Å². The van der Waals surface area contributed by atoms with Crippen LogP contribution in [0.1, 0.15) is 22.3 Å². The fourth-order valence-corrected chi connectivity index (χ4v) is 3.41. The molecule has 0 amide bonds. The van der Waals surface area contributed by atoms with Crippen molar-refractivity contribution < 1.29 is 24.0 Å². The Kier molecular flexibility index (Phi) is 7.63. The van der Waals surface area contributed by atoms with Crippen molar-refractivity contribution in [3.8, 4) is 0 Å². The standard InChI is InChI=1S/C18H16ClNO6S/c1-25-18(22)13-7-5-12(6-8-13)11-26-16(21)9-10-27-17-14(19)3-2-4-15(17)20(23)24/h2-8H,9-11H2,1H3. The molecule has 7 nitrogen and oxygen atoms in total. The monoisotopic (exact) mass is 409 g/mol. The molecule has 0 bridgehead atoms. The van der Waals surface area contributed by atoms with Gasteiger partial charge in [-0.2, -0.15) is 0 Å². The molecular weight excluding hydrogens is 394 g/mol. The van der Waals surface area contributed by atoms with Crippen LogP contribution in [0.15, 0.2) is 47.4 Å². The van der Waals surface area contributed by atoms with E-state index in [2.05, 4.69) is 4.74 Å². The number of hydrogen-bond donors (Lipinski definition) is 0. The van der Waals surface area contributed by atoms with Gasteiger partial charge in [0.05, 0.1) is 29.0 Å². The predicted molar refractivity (Wildman–Crippen MR) is 101 cm³/mol. The molecule has 0 aromatic heterocycles. The quantitative estimate of drug-likeness (QED) is 0.278. The van der Waals surface area contributed by atoms with Crippen LogP contribution in [0, 0.1) is 10.1 Å². The van der Waals surface area contributed by atoms with E-state index < -0.39 is 16.9 Å². The van der Waals surface area contributed by atoms with Gasteiger partial charge in [0.15, 0.2) is 0 Å². The van der Waals surface area contributed by atoms with E-state index in [1.807, 2.05) is 0 Å². The number of esters is 2. The predicted octanol–water partition coefficient (Wildman–Crippen LogP) is 4.26. The minimum atomic E-state index is -0.509. The Bertz CT molecular complexity index is 840. The second-order valence-electron chi connectivity index (χ2n) is 5.29. The summed E-state index contributed by atoms with van der Waals surface area (Å²) in [6, 6.07) is 10.9. The Morgan fingerprint density at radius 3 is 2.52 bits per heavy atom. The molecule has 0 aliphatic rings. The molecule has 0 N–H and O–H groups in total. The number of benzene rings is 2. The van der Waals surface area contributed by atoms with E-state index in [1.165, 1.54) is 19.2 Å². The van der Waals surface area contributed by atoms with Gasteiger partial charge in [0.2, 0.25) is 0 Å². The zero-order valence-corrected chi connectivity index (χ0v) is 15.9. The second kappa shape index (κ2) is 9.94. The first-order valence-corrected chi connectivity index (χ1v) is 9.17. The van der Waals surface area contributed by atoms with Crippen molar-refractivity contribution in [3.63, 3.8) is 0 Å². The fourth-order valence-electron chi connectivity index (χ4n) is 2.11. The van der Waals surface area contributed by atoms with Gasteiger partial charge in [-0.05, 0) is 23.8 Å². The molecule has 2 rings (SSSR count). The minimum Gasteiger partial charge on any atom is -0.465 e. The van der Waals surface area contributed by atoms with Crippen molar-refractivity contribution >= 4 is 41.0 Å². The number of nitro groups is 1. The SMILES string of the molecule is COC(=O)c1ccc(COC(=O)CCSc2c(Cl)cccc2[N+](=O)[O-])cc1. The van der Waals surface area contributed by atoms with Gasteiger partial charge in [0.25, 0.3) is 5.69 Å². The Morgan fingerprint density at radius 1 is 1.19 bits per heavy atom. The van der Waals surface area contributed by atoms with E-state index in [4.69, 9.17) is 16.3 Å². The summed E-state index contributed by atoms with van der Waals surface area (Å²) in [6.45, 7) is 0.0667. The van der Waals surface area contributed by atoms with Crippen LogP contribution in [0.4, 0.5) is 5.69 Å². The Morgan fingerprint density at radius 2 is 1.89 bits per heavy atom. The highest BCUT2D eigenvalue weighted by Crippen LogP contribution is 2.35. The van der Waals surface area contributed by atoms with Gasteiger partial charge in [0.1, 0.15) is 11.5 Å². The van der Waals surface area contributed by atoms with Crippen molar-refractivity contribution in [3.05, 3.63) is 68.7 Å². The lowest BCUT2D eigenvalue weighted by Gasteiger charge is -2.07. The Labute approximate surface area is 164 Å². The Hall–Kier alpha value is -2.58. The zero-order valence-electron chi connectivity index (χ0n) is 14.3. The average Bonchev–Trinajstić information content (AvgIpc) is 2.67. The first-order chi connectivity index (χ1) is 12.9. The van der Waals surface area contributed by atoms with Gasteiger partial charge in [-0.1, -0.05) is 29.8 Å². The largest absolute Gasteiger partial charge is 0.465 e. The third-order valence-electron chi connectivity index (χ3n) is 3.47. The molecule has 0 atom stereocenters. The number of rotatable bonds is 8. The molecule has 9 heteroatoms. The van der Waals surface area contributed by atoms with Crippen LogP contribution < -0.4 is 0 Å². The zero-order chi connectivity index (χ0) is 19.8. The number of nitro benzene ring substituents is 1. The van der Waals surface area contributed by atoms with Gasteiger partial charge in [-0.15, -0.1) is 11.8 Å². The molecule has 0 unspecified atom stereocenters. The molecule has 0 fully saturated rings. The summed E-state index contributed by atoms with van der Waals surface area (Å²) in [4.78, 5) is 34.1. The van der Waals surface area contributed by atoms with Crippen LogP contribution in [0.3, 0.4) is 0 Å². The minimum absolute atomic E-state index is 0.0667. The fraction of sp³-hybridized carbons (Fsp3) is 0.222. The van der Waals surface area contributed by atoms with Crippen LogP contribution in [0.25, 0.3) is 0 Å². The molecule has 0 spiro atoms. The number of carbonyl (C=O) groups excluding carboxylic acids is 2. The average molecular weight is 410 g/mol. The van der Waals surface area contributed by atoms with Gasteiger partial charge in [0, 0.05) is 11.8 Å². The Balaban J connectivity index is 1.82. The number of methoxy groups -OCH3 is 1. The molecule has 0 saturated heterocycles. The first-order valence-electron chi connectivity index (χ1n) is 7.81. The molecular formula is C18H16ClNO6S. The molecule has 2 aromatic rings. The number of hydrogen-bond acceptors (Lipinski definition) is 7. The number of carbonyl (C=O) groups is 2. The molecule has 0 aliphatic carbocycles. The van der Waals surface area contributed by atoms with Gasteiger partial charge in [-0.3, -0.25) is 14.9 Å². The molecule has 2 aromatic carbocycles. The third kappa shape index (κ3) is 5.97. The highest BCUT2D eigenvalue weighted by atomic mass is 35.5. The summed E-state index contributed by atoms with van der Waals surface area (Å²) in [6.07, 6.45) is 0.0767. The van der Waals surface area contributed by atoms with Crippen molar-refractivity contribution in [2.24, 2.45) is 0 Å². The first kappa shape index (κ1) is 20.7. The van der Waals surface area contributed by atoms with Crippen molar-refractivity contribution in [1.29, 1.82) is 0 Å². The molecule has 0 heterocycles. The maximum absolute atomic E-state index is 11.9. The summed E-state index contributed by atoms with van der Waals surface area (Å²) in [7, 11) is 1.30. The number of ether oxygens (including phenoxy) is 2. The second-order valence-corrected chi connectivity index (χ2v) is 6.81. The number of nitrogens with zero attached hydrogens (tertiary/aromatic N) is 1. The van der Waals surface area contributed by atoms with E-state index in [0.29, 0.717) is 16.2 Å². The molecule has 0 aliphatic heterocycles. The van der Waals surface area contributed by atoms with Crippen molar-refractivity contribution in [2.45, 2.75) is 17.9 Å². The topological polar surface area (TPSA) is 95.7 Å². The van der Waals surface area contributed by atoms with Crippen molar-refractivity contribution in [2.75, 3.05) is 12.9 Å². The van der Waals surface area contributed by atoms with Gasteiger partial charge < -0.3 is 9.47 Å². The highest BCUT2D eigenvalue weighted by Gasteiger charge is 2.17. The lowest BCUT2D eigenvalue weighted by Crippen LogP contribution is -2.06. The van der Waals surface area contributed by atoms with E-state index >= 15 is 0 Å². The van der Waals surface area contributed by atoms with Gasteiger partial charge >= 0.3 is 11.9 Å². The molecule has 0 saturated carbocycles. The van der Waals surface area contributed by atoms with Gasteiger partial charge in [-0.25, -0.2) is 4.79 Å². The van der Waals surface area contributed by atoms with E-state index in [1.54, 1.807) is 30.3 Å². The smallest absolute Gasteiger partial charge is 0.337 e. The maximum atomic E-state index is 11.9. The van der Waals surface area contributed by atoms with E-state index in [0.717, 1.165) is 17.3 Å². The molecule has 27 heavy (non-hydrogen) atoms. The number of thioether (sulfide) groups is 1. The highest BCUT2D eigenvalue weighted by molar-refractivity contribution is 7.99. The number of halogens is 1. The summed E-state index contributed by atoms with van der Waals surface area (Å²) >= 11 is 7.13. The lowest BCUT2D eigenvalue weighted by molar-refractivity contribution is -0.387. The van der Waals surface area contributed by atoms with Crippen molar-refractivity contribution in [1.82, 2.24) is 0 Å². The summed E-state index contributed by atoms with van der Waals surface area (Å²) in [5.41, 5.74) is 1.04. The summed E-state index contributed by atoms with van der Waals surface area (Å²) < 4.78 is 9.77. The lowest BCUT2D eigenvalue weighted by atomic mass is 10.1. The van der Waals surface area contributed by atoms with Crippen LogP contribution in [0.2, 0.25) is 5.02 Å². The van der Waals surface area contributed by atoms with E-state index in [-0.39, 0.29) is 23.7 Å². The molecule has 142 valence electrons. The normalized spacial score (nSPS) is 10.3. The summed E-state index contributed by atoms with van der Waals surface area (Å²) in [5, 5.41) is 11.3. The van der Waals surface area contributed by atoms with Crippen LogP contribution in [-0.2, 0) is 20.9 Å². The summed E-state index contributed by atoms with van der Waals surface area (Å²) in [5.74, 6) is -0.580. The maximum Gasteiger partial charge on any atom is 0.337 e. The molecule has 0 radical (unpaired) electrons. The van der Waals surface area contributed by atoms with Crippen LogP contribution >= 0.6 is 23.4 Å². The van der Waals surface area contributed by atoms with Crippen LogP contribution in [-0.4, -0.2) is 29.7 Å². The third-order valence-corrected chi connectivity index (χ3v) is 5.02. The van der Waals surface area contributed by atoms with E-state index in [9.17, 15) is 19.7 Å².